The van der Waals surface area contributed by atoms with Crippen molar-refractivity contribution < 1.29 is 4.79 Å². The van der Waals surface area contributed by atoms with Gasteiger partial charge in [0.25, 0.3) is 11.5 Å². The Hall–Kier alpha value is -2.99. The molecule has 4 aromatic rings. The lowest BCUT2D eigenvalue weighted by Gasteiger charge is -2.07. The minimum absolute atomic E-state index is 0.150. The molecule has 1 N–H and O–H groups in total. The van der Waals surface area contributed by atoms with E-state index in [9.17, 15) is 9.59 Å². The number of hydrogen-bond acceptors (Lipinski definition) is 4. The van der Waals surface area contributed by atoms with Gasteiger partial charge in [0.1, 0.15) is 10.3 Å². The summed E-state index contributed by atoms with van der Waals surface area (Å²) in [6.07, 6.45) is 1.55. The highest BCUT2D eigenvalue weighted by atomic mass is 32.1. The summed E-state index contributed by atoms with van der Waals surface area (Å²) in [6, 6.07) is 13.2. The Bertz CT molecular complexity index is 1140. The van der Waals surface area contributed by atoms with Crippen molar-refractivity contribution in [3.05, 3.63) is 81.1 Å². The van der Waals surface area contributed by atoms with Gasteiger partial charge in [-0.25, -0.2) is 4.98 Å². The molecule has 124 valence electrons. The van der Waals surface area contributed by atoms with Crippen LogP contribution in [0.1, 0.15) is 21.5 Å². The Morgan fingerprint density at radius 1 is 1.16 bits per heavy atom. The van der Waals surface area contributed by atoms with Gasteiger partial charge in [-0.3, -0.25) is 14.0 Å². The van der Waals surface area contributed by atoms with E-state index in [4.69, 9.17) is 0 Å². The number of pyridine rings is 1. The van der Waals surface area contributed by atoms with Crippen LogP contribution < -0.4 is 10.9 Å². The molecule has 0 spiro atoms. The summed E-state index contributed by atoms with van der Waals surface area (Å²) in [7, 11) is 0. The van der Waals surface area contributed by atoms with Crippen LogP contribution in [0.25, 0.3) is 15.9 Å². The Morgan fingerprint density at radius 2 is 1.96 bits per heavy atom. The van der Waals surface area contributed by atoms with Crippen molar-refractivity contribution in [3.63, 3.8) is 0 Å². The molecule has 6 heteroatoms. The molecule has 0 unspecified atom stereocenters. The molecule has 0 aliphatic rings. The number of nitrogens with zero attached hydrogens (tertiary/aromatic N) is 2. The molecular weight excluding hydrogens is 334 g/mol. The van der Waals surface area contributed by atoms with Gasteiger partial charge in [0.2, 0.25) is 0 Å². The molecular formula is C19H15N3O2S. The van der Waals surface area contributed by atoms with Crippen LogP contribution in [0.2, 0.25) is 0 Å². The third-order valence-corrected chi connectivity index (χ3v) is 4.95. The van der Waals surface area contributed by atoms with Gasteiger partial charge >= 0.3 is 0 Å². The third kappa shape index (κ3) is 2.92. The minimum Gasteiger partial charge on any atom is -0.348 e. The number of benzene rings is 1. The fourth-order valence-corrected chi connectivity index (χ4v) is 3.42. The zero-order valence-corrected chi connectivity index (χ0v) is 14.3. The van der Waals surface area contributed by atoms with E-state index < -0.39 is 0 Å². The van der Waals surface area contributed by atoms with Crippen LogP contribution in [0.15, 0.2) is 58.8 Å². The lowest BCUT2D eigenvalue weighted by Crippen LogP contribution is -2.24. The van der Waals surface area contributed by atoms with Gasteiger partial charge in [-0.05, 0) is 36.1 Å². The Labute approximate surface area is 147 Å². The number of carbonyl (C=O) groups is 1. The normalized spacial score (nSPS) is 11.1. The standard InChI is InChI=1S/C19H15N3O2S/c1-12-2-4-13(5-3-12)10-20-18(23)14-6-7-16-21-15-8-9-25-17(15)19(24)22(16)11-14/h2-9,11H,10H2,1H3,(H,20,23). The van der Waals surface area contributed by atoms with Gasteiger partial charge in [0.15, 0.2) is 0 Å². The van der Waals surface area contributed by atoms with Crippen molar-refractivity contribution in [3.8, 4) is 0 Å². The van der Waals surface area contributed by atoms with Crippen molar-refractivity contribution in [1.82, 2.24) is 14.7 Å². The zero-order chi connectivity index (χ0) is 17.4. The summed E-state index contributed by atoms with van der Waals surface area (Å²) in [4.78, 5) is 29.4. The summed E-state index contributed by atoms with van der Waals surface area (Å²) < 4.78 is 2.02. The quantitative estimate of drug-likeness (QED) is 0.618. The third-order valence-electron chi connectivity index (χ3n) is 4.06. The molecule has 3 aromatic heterocycles. The number of amides is 1. The monoisotopic (exact) mass is 349 g/mol. The van der Waals surface area contributed by atoms with Crippen LogP contribution in [-0.4, -0.2) is 15.3 Å². The van der Waals surface area contributed by atoms with Gasteiger partial charge in [-0.2, -0.15) is 0 Å². The Morgan fingerprint density at radius 3 is 2.76 bits per heavy atom. The molecule has 1 amide bonds. The van der Waals surface area contributed by atoms with Crippen LogP contribution in [0.5, 0.6) is 0 Å². The molecule has 0 fully saturated rings. The van der Waals surface area contributed by atoms with Crippen molar-refractivity contribution in [2.24, 2.45) is 0 Å². The zero-order valence-electron chi connectivity index (χ0n) is 13.5. The highest BCUT2D eigenvalue weighted by molar-refractivity contribution is 7.17. The highest BCUT2D eigenvalue weighted by Gasteiger charge is 2.10. The van der Waals surface area contributed by atoms with Crippen LogP contribution in [0.3, 0.4) is 0 Å². The molecule has 1 aromatic carbocycles. The summed E-state index contributed by atoms with van der Waals surface area (Å²) >= 11 is 1.36. The average Bonchev–Trinajstić information content (AvgIpc) is 3.10. The molecule has 4 rings (SSSR count). The van der Waals surface area contributed by atoms with Crippen LogP contribution in [0, 0.1) is 6.92 Å². The van der Waals surface area contributed by atoms with Crippen LogP contribution >= 0.6 is 11.3 Å². The number of carbonyl (C=O) groups excluding carboxylic acids is 1. The number of aryl methyl sites for hydroxylation is 1. The summed E-state index contributed by atoms with van der Waals surface area (Å²) in [5.41, 5.74) is 3.70. The van der Waals surface area contributed by atoms with Crippen molar-refractivity contribution in [2.75, 3.05) is 0 Å². The van der Waals surface area contributed by atoms with Crippen LogP contribution in [0.4, 0.5) is 0 Å². The first-order valence-corrected chi connectivity index (χ1v) is 8.73. The van der Waals surface area contributed by atoms with E-state index in [1.807, 2.05) is 42.6 Å². The largest absolute Gasteiger partial charge is 0.348 e. The lowest BCUT2D eigenvalue weighted by atomic mass is 10.1. The van der Waals surface area contributed by atoms with E-state index >= 15 is 0 Å². The Balaban J connectivity index is 1.63. The fraction of sp³-hybridized carbons (Fsp3) is 0.105. The second kappa shape index (κ2) is 6.14. The first-order valence-electron chi connectivity index (χ1n) is 7.85. The number of thiophene rings is 1. The molecule has 0 radical (unpaired) electrons. The molecule has 3 heterocycles. The number of hydrogen-bond donors (Lipinski definition) is 1. The van der Waals surface area contributed by atoms with Crippen molar-refractivity contribution >= 4 is 33.1 Å². The summed E-state index contributed by atoms with van der Waals surface area (Å²) in [5.74, 6) is -0.222. The van der Waals surface area contributed by atoms with Crippen molar-refractivity contribution in [1.29, 1.82) is 0 Å². The molecule has 5 nitrogen and oxygen atoms in total. The van der Waals surface area contributed by atoms with Gasteiger partial charge in [0, 0.05) is 12.7 Å². The topological polar surface area (TPSA) is 63.5 Å². The first-order chi connectivity index (χ1) is 12.1. The predicted octanol–water partition coefficient (Wildman–Crippen LogP) is 3.15. The smallest absolute Gasteiger partial charge is 0.275 e. The lowest BCUT2D eigenvalue weighted by molar-refractivity contribution is 0.0950. The number of rotatable bonds is 3. The van der Waals surface area contributed by atoms with E-state index in [1.54, 1.807) is 18.3 Å². The highest BCUT2D eigenvalue weighted by Crippen LogP contribution is 2.16. The second-order valence-corrected chi connectivity index (χ2v) is 6.78. The summed E-state index contributed by atoms with van der Waals surface area (Å²) in [5, 5.41) is 4.72. The number of nitrogens with one attached hydrogen (secondary N) is 1. The molecule has 0 atom stereocenters. The van der Waals surface area contributed by atoms with Crippen LogP contribution in [-0.2, 0) is 6.54 Å². The molecule has 0 saturated heterocycles. The maximum absolute atomic E-state index is 12.5. The maximum Gasteiger partial charge on any atom is 0.275 e. The summed E-state index contributed by atoms with van der Waals surface area (Å²) in [6.45, 7) is 2.46. The SMILES string of the molecule is Cc1ccc(CNC(=O)c2ccc3nc4ccsc4c(=O)n3c2)cc1. The van der Waals surface area contributed by atoms with Gasteiger partial charge < -0.3 is 5.32 Å². The van der Waals surface area contributed by atoms with E-state index in [0.29, 0.717) is 28.0 Å². The van der Waals surface area contributed by atoms with Crippen molar-refractivity contribution in [2.45, 2.75) is 13.5 Å². The first kappa shape index (κ1) is 15.5. The maximum atomic E-state index is 12.5. The minimum atomic E-state index is -0.222. The fourth-order valence-electron chi connectivity index (χ4n) is 2.65. The van der Waals surface area contributed by atoms with Gasteiger partial charge in [-0.1, -0.05) is 29.8 Å². The molecule has 0 saturated carbocycles. The molecule has 0 aliphatic heterocycles. The Kier molecular flexibility index (Phi) is 3.82. The second-order valence-electron chi connectivity index (χ2n) is 5.87. The average molecular weight is 349 g/mol. The molecule has 25 heavy (non-hydrogen) atoms. The number of fused-ring (bicyclic) bond motifs is 2. The number of aromatic nitrogens is 2. The van der Waals surface area contributed by atoms with Gasteiger partial charge in [-0.15, -0.1) is 11.3 Å². The van der Waals surface area contributed by atoms with E-state index in [1.165, 1.54) is 21.3 Å². The predicted molar refractivity (Wildman–Crippen MR) is 99.2 cm³/mol. The van der Waals surface area contributed by atoms with E-state index in [0.717, 1.165) is 5.56 Å². The molecule has 0 aliphatic carbocycles. The van der Waals surface area contributed by atoms with E-state index in [-0.39, 0.29) is 11.5 Å². The molecule has 0 bridgehead atoms. The van der Waals surface area contributed by atoms with E-state index in [2.05, 4.69) is 10.3 Å². The van der Waals surface area contributed by atoms with Gasteiger partial charge in [0.05, 0.1) is 11.1 Å².